The Morgan fingerprint density at radius 2 is 2.13 bits per heavy atom. The first-order valence-corrected chi connectivity index (χ1v) is 9.04. The van der Waals surface area contributed by atoms with Crippen LogP contribution in [0.25, 0.3) is 0 Å². The number of benzene rings is 1. The quantitative estimate of drug-likeness (QED) is 0.649. The minimum atomic E-state index is -0.382. The largest absolute Gasteiger partial charge is 0.333 e. The van der Waals surface area contributed by atoms with Gasteiger partial charge in [-0.2, -0.15) is 0 Å². The number of nitrogens with one attached hydrogen (secondary N) is 1. The SMILES string of the molecule is C[C@H]1S[C@@H](c2cccc([N+](=O)[O-])c2)N(CC[NH+]2CCCC2)C1=O. The molecule has 1 amide bonds. The van der Waals surface area contributed by atoms with Gasteiger partial charge in [0.1, 0.15) is 5.37 Å². The zero-order valence-electron chi connectivity index (χ0n) is 13.2. The second-order valence-electron chi connectivity index (χ2n) is 6.22. The number of rotatable bonds is 5. The molecule has 1 aromatic rings. The predicted molar refractivity (Wildman–Crippen MR) is 89.4 cm³/mol. The molecule has 0 unspecified atom stereocenters. The molecule has 2 saturated heterocycles. The van der Waals surface area contributed by atoms with E-state index < -0.39 is 0 Å². The van der Waals surface area contributed by atoms with Crippen LogP contribution in [0.1, 0.15) is 30.7 Å². The molecule has 0 spiro atoms. The fraction of sp³-hybridized carbons (Fsp3) is 0.562. The summed E-state index contributed by atoms with van der Waals surface area (Å²) in [7, 11) is 0. The summed E-state index contributed by atoms with van der Waals surface area (Å²) in [5, 5.41) is 10.8. The molecule has 0 saturated carbocycles. The Labute approximate surface area is 140 Å². The van der Waals surface area contributed by atoms with E-state index in [4.69, 9.17) is 0 Å². The smallest absolute Gasteiger partial charge is 0.269 e. The average Bonchev–Trinajstić information content (AvgIpc) is 3.15. The first kappa shape index (κ1) is 16.3. The molecule has 0 aliphatic carbocycles. The number of hydrogen-bond acceptors (Lipinski definition) is 4. The van der Waals surface area contributed by atoms with Crippen molar-refractivity contribution in [1.82, 2.24) is 4.90 Å². The fourth-order valence-electron chi connectivity index (χ4n) is 3.36. The van der Waals surface area contributed by atoms with Crippen LogP contribution in [0, 0.1) is 10.1 Å². The molecule has 1 N–H and O–H groups in total. The molecule has 124 valence electrons. The minimum Gasteiger partial charge on any atom is -0.333 e. The third-order valence-corrected chi connectivity index (χ3v) is 6.02. The molecule has 7 heteroatoms. The van der Waals surface area contributed by atoms with Crippen molar-refractivity contribution >= 4 is 23.4 Å². The Kier molecular flexibility index (Phi) is 4.87. The number of carbonyl (C=O) groups excluding carboxylic acids is 1. The first-order valence-electron chi connectivity index (χ1n) is 8.10. The molecule has 6 nitrogen and oxygen atoms in total. The Hall–Kier alpha value is -1.60. The first-order chi connectivity index (χ1) is 11.1. The van der Waals surface area contributed by atoms with E-state index in [1.54, 1.807) is 28.8 Å². The monoisotopic (exact) mass is 336 g/mol. The number of nitro groups is 1. The van der Waals surface area contributed by atoms with E-state index in [1.165, 1.54) is 32.0 Å². The van der Waals surface area contributed by atoms with Gasteiger partial charge < -0.3 is 9.80 Å². The molecule has 0 radical (unpaired) electrons. The van der Waals surface area contributed by atoms with Crippen LogP contribution >= 0.6 is 11.8 Å². The lowest BCUT2D eigenvalue weighted by molar-refractivity contribution is -0.886. The number of thioether (sulfide) groups is 1. The highest BCUT2D eigenvalue weighted by molar-refractivity contribution is 8.01. The predicted octanol–water partition coefficient (Wildman–Crippen LogP) is 1.24. The highest BCUT2D eigenvalue weighted by atomic mass is 32.2. The van der Waals surface area contributed by atoms with Crippen LogP contribution in [0.2, 0.25) is 0 Å². The van der Waals surface area contributed by atoms with Gasteiger partial charge in [0.25, 0.3) is 5.69 Å². The summed E-state index contributed by atoms with van der Waals surface area (Å²) in [4.78, 5) is 26.5. The molecule has 23 heavy (non-hydrogen) atoms. The average molecular weight is 336 g/mol. The molecule has 2 heterocycles. The van der Waals surface area contributed by atoms with Crippen molar-refractivity contribution in [1.29, 1.82) is 0 Å². The third kappa shape index (κ3) is 3.50. The number of non-ortho nitro benzene ring substituents is 1. The maximum atomic E-state index is 12.5. The van der Waals surface area contributed by atoms with Gasteiger partial charge in [0.2, 0.25) is 5.91 Å². The van der Waals surface area contributed by atoms with E-state index in [9.17, 15) is 14.9 Å². The second kappa shape index (κ2) is 6.88. The van der Waals surface area contributed by atoms with Gasteiger partial charge in [-0.25, -0.2) is 0 Å². The third-order valence-electron chi connectivity index (χ3n) is 4.63. The maximum Gasteiger partial charge on any atom is 0.269 e. The molecular weight excluding hydrogens is 314 g/mol. The molecule has 1 aromatic carbocycles. The Bertz CT molecular complexity index is 604. The number of carbonyl (C=O) groups is 1. The van der Waals surface area contributed by atoms with Gasteiger partial charge in [-0.1, -0.05) is 12.1 Å². The van der Waals surface area contributed by atoms with E-state index in [2.05, 4.69) is 0 Å². The van der Waals surface area contributed by atoms with Gasteiger partial charge in [0.05, 0.1) is 36.4 Å². The van der Waals surface area contributed by atoms with Crippen LogP contribution in [0.4, 0.5) is 5.69 Å². The normalized spacial score (nSPS) is 25.3. The van der Waals surface area contributed by atoms with Gasteiger partial charge in [-0.05, 0) is 12.5 Å². The van der Waals surface area contributed by atoms with Crippen molar-refractivity contribution in [3.05, 3.63) is 39.9 Å². The number of amides is 1. The summed E-state index contributed by atoms with van der Waals surface area (Å²) in [6.45, 7) is 5.97. The van der Waals surface area contributed by atoms with Gasteiger partial charge in [0, 0.05) is 25.0 Å². The van der Waals surface area contributed by atoms with E-state index in [0.717, 1.165) is 18.7 Å². The van der Waals surface area contributed by atoms with Crippen LogP contribution in [0.3, 0.4) is 0 Å². The number of nitrogens with zero attached hydrogens (tertiary/aromatic N) is 2. The highest BCUT2D eigenvalue weighted by Gasteiger charge is 2.39. The van der Waals surface area contributed by atoms with Crippen LogP contribution in [-0.4, -0.2) is 47.2 Å². The number of hydrogen-bond donors (Lipinski definition) is 1. The van der Waals surface area contributed by atoms with Crippen molar-refractivity contribution in [2.24, 2.45) is 0 Å². The van der Waals surface area contributed by atoms with Crippen molar-refractivity contribution in [2.75, 3.05) is 26.2 Å². The van der Waals surface area contributed by atoms with Crippen LogP contribution in [-0.2, 0) is 4.79 Å². The Morgan fingerprint density at radius 3 is 2.83 bits per heavy atom. The summed E-state index contributed by atoms with van der Waals surface area (Å²) < 4.78 is 0. The minimum absolute atomic E-state index is 0.0835. The molecule has 2 fully saturated rings. The molecule has 0 bridgehead atoms. The van der Waals surface area contributed by atoms with Crippen molar-refractivity contribution in [3.8, 4) is 0 Å². The standard InChI is InChI=1S/C16H21N3O3S/c1-12-15(20)18(10-9-17-7-2-3-8-17)16(23-12)13-5-4-6-14(11-13)19(21)22/h4-6,11-12,16H,2-3,7-10H2,1H3/p+1/t12-,16+/m1/s1. The van der Waals surface area contributed by atoms with Gasteiger partial charge in [-0.3, -0.25) is 14.9 Å². The summed E-state index contributed by atoms with van der Waals surface area (Å²) in [6, 6.07) is 6.67. The van der Waals surface area contributed by atoms with Crippen LogP contribution < -0.4 is 4.90 Å². The topological polar surface area (TPSA) is 67.9 Å². The van der Waals surface area contributed by atoms with Crippen molar-refractivity contribution < 1.29 is 14.6 Å². The summed E-state index contributed by atoms with van der Waals surface area (Å²) in [5.41, 5.74) is 0.929. The van der Waals surface area contributed by atoms with Crippen molar-refractivity contribution in [2.45, 2.75) is 30.4 Å². The van der Waals surface area contributed by atoms with E-state index in [0.29, 0.717) is 0 Å². The summed E-state index contributed by atoms with van der Waals surface area (Å²) in [6.07, 6.45) is 2.53. The second-order valence-corrected chi connectivity index (χ2v) is 7.65. The molecule has 0 aromatic heterocycles. The van der Waals surface area contributed by atoms with Gasteiger partial charge in [0.15, 0.2) is 0 Å². The van der Waals surface area contributed by atoms with Crippen molar-refractivity contribution in [3.63, 3.8) is 0 Å². The fourth-order valence-corrected chi connectivity index (χ4v) is 4.65. The highest BCUT2D eigenvalue weighted by Crippen LogP contribution is 2.43. The molecule has 2 atom stereocenters. The lowest BCUT2D eigenvalue weighted by Gasteiger charge is -2.25. The van der Waals surface area contributed by atoms with E-state index in [-0.39, 0.29) is 27.1 Å². The zero-order chi connectivity index (χ0) is 16.4. The molecular formula is C16H22N3O3S+. The van der Waals surface area contributed by atoms with Gasteiger partial charge in [-0.15, -0.1) is 11.8 Å². The Balaban J connectivity index is 1.76. The summed E-state index contributed by atoms with van der Waals surface area (Å²) in [5.74, 6) is 0.144. The van der Waals surface area contributed by atoms with Gasteiger partial charge >= 0.3 is 0 Å². The maximum absolute atomic E-state index is 12.5. The Morgan fingerprint density at radius 1 is 1.39 bits per heavy atom. The zero-order valence-corrected chi connectivity index (χ0v) is 14.1. The lowest BCUT2D eigenvalue weighted by atomic mass is 10.2. The summed E-state index contributed by atoms with van der Waals surface area (Å²) >= 11 is 1.58. The molecule has 2 aliphatic rings. The van der Waals surface area contributed by atoms with Crippen LogP contribution in [0.15, 0.2) is 24.3 Å². The number of nitro benzene ring substituents is 1. The number of likely N-dealkylation sites (tertiary alicyclic amines) is 1. The molecule has 3 rings (SSSR count). The lowest BCUT2D eigenvalue weighted by Crippen LogP contribution is -3.10. The molecule has 2 aliphatic heterocycles. The number of quaternary nitrogens is 1. The van der Waals surface area contributed by atoms with Crippen LogP contribution in [0.5, 0.6) is 0 Å². The van der Waals surface area contributed by atoms with E-state index >= 15 is 0 Å². The van der Waals surface area contributed by atoms with E-state index in [1.807, 2.05) is 17.9 Å².